The molecule has 0 saturated carbocycles. The van der Waals surface area contributed by atoms with E-state index in [1.807, 2.05) is 0 Å². The summed E-state index contributed by atoms with van der Waals surface area (Å²) < 4.78 is 34.8. The third kappa shape index (κ3) is 4.25. The van der Waals surface area contributed by atoms with E-state index in [1.54, 1.807) is 26.1 Å². The minimum absolute atomic E-state index is 0.0121. The van der Waals surface area contributed by atoms with E-state index in [4.69, 9.17) is 4.74 Å². The molecule has 2 N–H and O–H groups in total. The standard InChI is InChI=1S/C23H25F2N3O3/c1-13-6-8-28(12-16-4-3-9-31-16)23(30)20(13)22(29)26-7-5-17-14(2)27-21-18(17)10-15(24)11-19(21)25/h6,8,10-11,16,27H,3-5,7,9,12H2,1-2H3,(H,26,29). The lowest BCUT2D eigenvalue weighted by atomic mass is 10.1. The van der Waals surface area contributed by atoms with Gasteiger partial charge in [0.15, 0.2) is 0 Å². The van der Waals surface area contributed by atoms with Gasteiger partial charge < -0.3 is 19.6 Å². The van der Waals surface area contributed by atoms with E-state index in [9.17, 15) is 18.4 Å². The SMILES string of the molecule is Cc1ccn(CC2CCCO2)c(=O)c1C(=O)NCCc1c(C)[nH]c2c(F)cc(F)cc12. The fourth-order valence-electron chi connectivity index (χ4n) is 4.21. The molecule has 0 bridgehead atoms. The monoisotopic (exact) mass is 429 g/mol. The van der Waals surface area contributed by atoms with E-state index in [-0.39, 0.29) is 29.3 Å². The van der Waals surface area contributed by atoms with E-state index >= 15 is 0 Å². The van der Waals surface area contributed by atoms with Crippen LogP contribution in [0.2, 0.25) is 0 Å². The highest BCUT2D eigenvalue weighted by Crippen LogP contribution is 2.26. The van der Waals surface area contributed by atoms with Gasteiger partial charge in [-0.3, -0.25) is 9.59 Å². The zero-order valence-electron chi connectivity index (χ0n) is 17.6. The van der Waals surface area contributed by atoms with Gasteiger partial charge in [-0.15, -0.1) is 0 Å². The molecule has 8 heteroatoms. The maximum Gasteiger partial charge on any atom is 0.263 e. The highest BCUT2D eigenvalue weighted by molar-refractivity contribution is 5.95. The number of nitrogens with one attached hydrogen (secondary N) is 2. The second-order valence-corrected chi connectivity index (χ2v) is 8.01. The van der Waals surface area contributed by atoms with Crippen LogP contribution in [0.15, 0.2) is 29.2 Å². The van der Waals surface area contributed by atoms with Crippen LogP contribution < -0.4 is 10.9 Å². The number of hydrogen-bond donors (Lipinski definition) is 2. The van der Waals surface area contributed by atoms with Crippen molar-refractivity contribution in [1.82, 2.24) is 14.9 Å². The molecule has 0 aliphatic carbocycles. The largest absolute Gasteiger partial charge is 0.376 e. The number of benzene rings is 1. The minimum atomic E-state index is -0.653. The van der Waals surface area contributed by atoms with Crippen molar-refractivity contribution in [3.8, 4) is 0 Å². The number of aromatic nitrogens is 2. The van der Waals surface area contributed by atoms with Crippen molar-refractivity contribution in [3.05, 3.63) is 68.8 Å². The quantitative estimate of drug-likeness (QED) is 0.631. The van der Waals surface area contributed by atoms with Crippen molar-refractivity contribution in [2.24, 2.45) is 0 Å². The van der Waals surface area contributed by atoms with Crippen LogP contribution in [-0.4, -0.2) is 34.7 Å². The minimum Gasteiger partial charge on any atom is -0.376 e. The van der Waals surface area contributed by atoms with E-state index < -0.39 is 17.5 Å². The van der Waals surface area contributed by atoms with Gasteiger partial charge in [-0.2, -0.15) is 0 Å². The number of H-pyrrole nitrogens is 1. The molecule has 1 saturated heterocycles. The van der Waals surface area contributed by atoms with Gasteiger partial charge in [-0.05, 0) is 56.4 Å². The first-order valence-corrected chi connectivity index (χ1v) is 10.4. The summed E-state index contributed by atoms with van der Waals surface area (Å²) in [6.45, 7) is 4.84. The lowest BCUT2D eigenvalue weighted by Gasteiger charge is -2.14. The third-order valence-corrected chi connectivity index (χ3v) is 5.83. The van der Waals surface area contributed by atoms with Gasteiger partial charge in [0.25, 0.3) is 11.5 Å². The summed E-state index contributed by atoms with van der Waals surface area (Å²) in [7, 11) is 0. The average molecular weight is 429 g/mol. The van der Waals surface area contributed by atoms with Crippen LogP contribution >= 0.6 is 0 Å². The lowest BCUT2D eigenvalue weighted by Crippen LogP contribution is -2.36. The molecule has 2 aromatic heterocycles. The number of nitrogens with zero attached hydrogens (tertiary/aromatic N) is 1. The molecule has 1 atom stereocenters. The Morgan fingerprint density at radius 2 is 2.13 bits per heavy atom. The van der Waals surface area contributed by atoms with Gasteiger partial charge in [-0.25, -0.2) is 8.78 Å². The number of hydrogen-bond acceptors (Lipinski definition) is 3. The van der Waals surface area contributed by atoms with Crippen molar-refractivity contribution in [2.75, 3.05) is 13.2 Å². The molecule has 1 aliphatic heterocycles. The van der Waals surface area contributed by atoms with Gasteiger partial charge >= 0.3 is 0 Å². The number of ether oxygens (including phenoxy) is 1. The first-order valence-electron chi connectivity index (χ1n) is 10.4. The molecule has 31 heavy (non-hydrogen) atoms. The van der Waals surface area contributed by atoms with Gasteiger partial charge in [0.2, 0.25) is 0 Å². The second kappa shape index (κ2) is 8.63. The van der Waals surface area contributed by atoms with Crippen LogP contribution in [0.5, 0.6) is 0 Å². The molecule has 6 nitrogen and oxygen atoms in total. The Hall–Kier alpha value is -3.00. The second-order valence-electron chi connectivity index (χ2n) is 8.01. The molecule has 3 aromatic rings. The topological polar surface area (TPSA) is 76.1 Å². The first kappa shape index (κ1) is 21.2. The molecular weight excluding hydrogens is 404 g/mol. The molecule has 1 fully saturated rings. The van der Waals surface area contributed by atoms with Gasteiger partial charge in [0, 0.05) is 36.5 Å². The van der Waals surface area contributed by atoms with Crippen LogP contribution in [0.3, 0.4) is 0 Å². The molecule has 1 unspecified atom stereocenters. The van der Waals surface area contributed by atoms with E-state index in [0.717, 1.165) is 24.5 Å². The Balaban J connectivity index is 1.49. The van der Waals surface area contributed by atoms with Crippen molar-refractivity contribution < 1.29 is 18.3 Å². The summed E-state index contributed by atoms with van der Waals surface area (Å²) in [5.41, 5.74) is 2.04. The molecular formula is C23H25F2N3O3. The molecule has 1 amide bonds. The number of carbonyl (C=O) groups is 1. The molecule has 164 valence electrons. The van der Waals surface area contributed by atoms with Crippen LogP contribution in [-0.2, 0) is 17.7 Å². The van der Waals surface area contributed by atoms with E-state index in [2.05, 4.69) is 10.3 Å². The zero-order valence-corrected chi connectivity index (χ0v) is 17.6. The number of aromatic amines is 1. The molecule has 1 aromatic carbocycles. The summed E-state index contributed by atoms with van der Waals surface area (Å²) in [6.07, 6.45) is 3.92. The molecule has 3 heterocycles. The number of rotatable bonds is 6. The molecule has 0 radical (unpaired) electrons. The first-order chi connectivity index (χ1) is 14.8. The van der Waals surface area contributed by atoms with Crippen molar-refractivity contribution in [2.45, 2.75) is 45.8 Å². The van der Waals surface area contributed by atoms with Crippen LogP contribution in [0.4, 0.5) is 8.78 Å². The zero-order chi connectivity index (χ0) is 22.1. The molecule has 4 rings (SSSR count). The summed E-state index contributed by atoms with van der Waals surface area (Å²) in [5, 5.41) is 3.23. The number of halogens is 2. The van der Waals surface area contributed by atoms with Crippen LogP contribution in [0.25, 0.3) is 10.9 Å². The predicted molar refractivity (Wildman–Crippen MR) is 113 cm³/mol. The Bertz CT molecular complexity index is 1190. The number of carbonyl (C=O) groups excluding carboxylic acids is 1. The highest BCUT2D eigenvalue weighted by atomic mass is 19.1. The smallest absolute Gasteiger partial charge is 0.263 e. The van der Waals surface area contributed by atoms with Crippen LogP contribution in [0.1, 0.15) is 40.0 Å². The molecule has 0 spiro atoms. The Morgan fingerprint density at radius 1 is 1.32 bits per heavy atom. The van der Waals surface area contributed by atoms with E-state index in [1.165, 1.54) is 10.6 Å². The normalized spacial score (nSPS) is 16.2. The van der Waals surface area contributed by atoms with E-state index in [0.29, 0.717) is 36.2 Å². The van der Waals surface area contributed by atoms with Crippen LogP contribution in [0, 0.1) is 25.5 Å². The predicted octanol–water partition coefficient (Wildman–Crippen LogP) is 3.38. The number of pyridine rings is 1. The summed E-state index contributed by atoms with van der Waals surface area (Å²) in [5.74, 6) is -1.76. The van der Waals surface area contributed by atoms with Crippen molar-refractivity contribution >= 4 is 16.8 Å². The van der Waals surface area contributed by atoms with Gasteiger partial charge in [0.1, 0.15) is 17.2 Å². The molecule has 1 aliphatic rings. The Labute approximate surface area is 178 Å². The number of amides is 1. The van der Waals surface area contributed by atoms with Crippen molar-refractivity contribution in [1.29, 1.82) is 0 Å². The average Bonchev–Trinajstić information content (AvgIpc) is 3.33. The Morgan fingerprint density at radius 3 is 2.87 bits per heavy atom. The number of fused-ring (bicyclic) bond motifs is 1. The highest BCUT2D eigenvalue weighted by Gasteiger charge is 2.20. The van der Waals surface area contributed by atoms with Crippen molar-refractivity contribution in [3.63, 3.8) is 0 Å². The van der Waals surface area contributed by atoms with Gasteiger partial charge in [-0.1, -0.05) is 0 Å². The fourth-order valence-corrected chi connectivity index (χ4v) is 4.21. The summed E-state index contributed by atoms with van der Waals surface area (Å²) in [4.78, 5) is 28.6. The van der Waals surface area contributed by atoms with Gasteiger partial charge in [0.05, 0.1) is 18.2 Å². The fraction of sp³-hybridized carbons (Fsp3) is 0.391. The maximum atomic E-state index is 14.0. The maximum absolute atomic E-state index is 14.0. The lowest BCUT2D eigenvalue weighted by molar-refractivity contribution is 0.0930. The number of aryl methyl sites for hydroxylation is 2. The Kier molecular flexibility index (Phi) is 5.91. The summed E-state index contributed by atoms with van der Waals surface area (Å²) in [6, 6.07) is 3.87. The summed E-state index contributed by atoms with van der Waals surface area (Å²) >= 11 is 0. The third-order valence-electron chi connectivity index (χ3n) is 5.83.